The van der Waals surface area contributed by atoms with E-state index in [2.05, 4.69) is 4.74 Å². The van der Waals surface area contributed by atoms with Crippen LogP contribution in [0.5, 0.6) is 0 Å². The van der Waals surface area contributed by atoms with E-state index in [0.717, 1.165) is 31.4 Å². The molecular weight excluding hydrogens is 525 g/mol. The number of alkyl halides is 9. The first-order valence-corrected chi connectivity index (χ1v) is 11.2. The third-order valence-electron chi connectivity index (χ3n) is 5.88. The Kier molecular flexibility index (Phi) is 10.1. The van der Waals surface area contributed by atoms with E-state index < -0.39 is 36.3 Å². The van der Waals surface area contributed by atoms with Crippen molar-refractivity contribution >= 4 is 18.6 Å². The van der Waals surface area contributed by atoms with E-state index in [9.17, 15) is 44.3 Å². The third-order valence-corrected chi connectivity index (χ3v) is 5.88. The first-order valence-electron chi connectivity index (χ1n) is 11.2. The molecule has 15 heteroatoms. The number of rotatable bonds is 4. The molecule has 0 aromatic heterocycles. The summed E-state index contributed by atoms with van der Waals surface area (Å²) < 4.78 is 120. The standard InChI is InChI=1S/C21H24F9N3O2.CH2O/c22-19(23,24)15-10-14(11-16(12-15)32-4-2-1-3-5-32)13-31-6-8-33(9-7-31)18(34)35-17(20(25,26)27)21(28,29)30;1-2/h10-12,17H,1-9,13H2;1H2. The van der Waals surface area contributed by atoms with Gasteiger partial charge < -0.3 is 19.3 Å². The fourth-order valence-electron chi connectivity index (χ4n) is 4.10. The van der Waals surface area contributed by atoms with Gasteiger partial charge in [0.25, 0.3) is 6.10 Å². The average Bonchev–Trinajstić information content (AvgIpc) is 2.82. The van der Waals surface area contributed by atoms with Gasteiger partial charge in [0.2, 0.25) is 0 Å². The summed E-state index contributed by atoms with van der Waals surface area (Å²) in [5.41, 5.74) is 0.0100. The highest BCUT2D eigenvalue weighted by molar-refractivity contribution is 5.68. The minimum Gasteiger partial charge on any atom is -0.426 e. The molecule has 1 aromatic rings. The summed E-state index contributed by atoms with van der Waals surface area (Å²) in [6.07, 6.45) is -19.4. The van der Waals surface area contributed by atoms with Crippen LogP contribution in [0.25, 0.3) is 0 Å². The molecule has 2 aliphatic rings. The molecule has 210 valence electrons. The average molecular weight is 551 g/mol. The highest BCUT2D eigenvalue weighted by Crippen LogP contribution is 2.36. The second-order valence-electron chi connectivity index (χ2n) is 8.54. The molecule has 2 saturated heterocycles. The first kappa shape index (κ1) is 30.5. The Balaban J connectivity index is 0.00000235. The highest BCUT2D eigenvalue weighted by atomic mass is 19.4. The smallest absolute Gasteiger partial charge is 0.426 e. The molecule has 1 aromatic carbocycles. The lowest BCUT2D eigenvalue weighted by molar-refractivity contribution is -0.308. The van der Waals surface area contributed by atoms with Gasteiger partial charge in [0, 0.05) is 51.5 Å². The van der Waals surface area contributed by atoms with Gasteiger partial charge in [0.05, 0.1) is 5.56 Å². The van der Waals surface area contributed by atoms with E-state index in [1.165, 1.54) is 0 Å². The molecular formula is C22H26F9N3O3. The van der Waals surface area contributed by atoms with Crippen molar-refractivity contribution < 1.29 is 53.8 Å². The second kappa shape index (κ2) is 12.2. The molecule has 2 fully saturated rings. The molecule has 2 aliphatic heterocycles. The molecule has 0 aliphatic carbocycles. The molecule has 0 radical (unpaired) electrons. The summed E-state index contributed by atoms with van der Waals surface area (Å²) in [6.45, 7) is 2.94. The number of amides is 1. The zero-order valence-electron chi connectivity index (χ0n) is 19.6. The van der Waals surface area contributed by atoms with Gasteiger partial charge >= 0.3 is 24.6 Å². The van der Waals surface area contributed by atoms with Crippen LogP contribution in [0.15, 0.2) is 18.2 Å². The maximum atomic E-state index is 13.5. The van der Waals surface area contributed by atoms with Gasteiger partial charge in [-0.3, -0.25) is 4.90 Å². The van der Waals surface area contributed by atoms with E-state index >= 15 is 0 Å². The van der Waals surface area contributed by atoms with E-state index in [-0.39, 0.29) is 32.7 Å². The van der Waals surface area contributed by atoms with Gasteiger partial charge in [-0.15, -0.1) is 0 Å². The van der Waals surface area contributed by atoms with Crippen molar-refractivity contribution in [3.63, 3.8) is 0 Å². The van der Waals surface area contributed by atoms with E-state index in [4.69, 9.17) is 4.79 Å². The number of hydrogen-bond donors (Lipinski definition) is 0. The minimum atomic E-state index is -5.81. The summed E-state index contributed by atoms with van der Waals surface area (Å²) >= 11 is 0. The number of nitrogens with zero attached hydrogens (tertiary/aromatic N) is 3. The molecule has 0 N–H and O–H groups in total. The lowest BCUT2D eigenvalue weighted by atomic mass is 10.0. The summed E-state index contributed by atoms with van der Waals surface area (Å²) in [7, 11) is 0. The number of piperidine rings is 1. The fraction of sp³-hybridized carbons (Fsp3) is 0.636. The summed E-state index contributed by atoms with van der Waals surface area (Å²) in [6, 6.07) is 3.77. The Morgan fingerprint density at radius 2 is 1.35 bits per heavy atom. The van der Waals surface area contributed by atoms with Crippen LogP contribution in [0.4, 0.5) is 50.0 Å². The first-order chi connectivity index (χ1) is 17.1. The van der Waals surface area contributed by atoms with Crippen molar-refractivity contribution in [3.05, 3.63) is 29.3 Å². The lowest BCUT2D eigenvalue weighted by Crippen LogP contribution is -2.52. The molecule has 0 bridgehead atoms. The Hall–Kier alpha value is -2.71. The van der Waals surface area contributed by atoms with Crippen molar-refractivity contribution in [2.75, 3.05) is 44.2 Å². The van der Waals surface area contributed by atoms with Crippen LogP contribution in [0, 0.1) is 0 Å². The molecule has 1 amide bonds. The van der Waals surface area contributed by atoms with Gasteiger partial charge in [-0.1, -0.05) is 0 Å². The maximum absolute atomic E-state index is 13.5. The van der Waals surface area contributed by atoms with Gasteiger partial charge in [0.15, 0.2) is 0 Å². The number of hydrogen-bond acceptors (Lipinski definition) is 5. The van der Waals surface area contributed by atoms with Crippen molar-refractivity contribution in [3.8, 4) is 0 Å². The number of piperazine rings is 1. The van der Waals surface area contributed by atoms with Crippen molar-refractivity contribution in [2.24, 2.45) is 0 Å². The van der Waals surface area contributed by atoms with Gasteiger partial charge in [0.1, 0.15) is 6.79 Å². The monoisotopic (exact) mass is 551 g/mol. The topological polar surface area (TPSA) is 53.1 Å². The Bertz CT molecular complexity index is 878. The normalized spacial score (nSPS) is 17.9. The molecule has 0 spiro atoms. The van der Waals surface area contributed by atoms with Crippen LogP contribution < -0.4 is 4.90 Å². The SMILES string of the molecule is C=O.O=C(OC(C(F)(F)F)C(F)(F)F)N1CCN(Cc2cc(N3CCCCC3)cc(C(F)(F)F)c2)CC1. The summed E-state index contributed by atoms with van der Waals surface area (Å²) in [5.74, 6) is 0. The molecule has 2 heterocycles. The lowest BCUT2D eigenvalue weighted by Gasteiger charge is -2.35. The highest BCUT2D eigenvalue weighted by Gasteiger charge is 2.60. The second-order valence-corrected chi connectivity index (χ2v) is 8.54. The molecule has 6 nitrogen and oxygen atoms in total. The summed E-state index contributed by atoms with van der Waals surface area (Å²) in [4.78, 5) is 24.2. The molecule has 3 rings (SSSR count). The largest absolute Gasteiger partial charge is 0.434 e. The quantitative estimate of drug-likeness (QED) is 0.479. The number of carbonyl (C=O) groups excluding carboxylic acids is 2. The minimum absolute atomic E-state index is 0.0348. The Morgan fingerprint density at radius 1 is 0.811 bits per heavy atom. The zero-order chi connectivity index (χ0) is 28.0. The number of ether oxygens (including phenoxy) is 1. The van der Waals surface area contributed by atoms with Crippen LogP contribution in [0.1, 0.15) is 30.4 Å². The molecule has 0 saturated carbocycles. The predicted octanol–water partition coefficient (Wildman–Crippen LogP) is 5.26. The number of carbonyl (C=O) groups is 2. The molecule has 0 atom stereocenters. The summed E-state index contributed by atoms with van der Waals surface area (Å²) in [5, 5.41) is 0. The van der Waals surface area contributed by atoms with Gasteiger partial charge in [-0.2, -0.15) is 39.5 Å². The van der Waals surface area contributed by atoms with Gasteiger partial charge in [-0.25, -0.2) is 4.79 Å². The Labute approximate surface area is 206 Å². The van der Waals surface area contributed by atoms with E-state index in [0.29, 0.717) is 29.2 Å². The van der Waals surface area contributed by atoms with Crippen molar-refractivity contribution in [1.82, 2.24) is 9.80 Å². The van der Waals surface area contributed by atoms with Crippen LogP contribution in [-0.2, 0) is 22.3 Å². The third kappa shape index (κ3) is 8.68. The van der Waals surface area contributed by atoms with E-state index in [1.54, 1.807) is 11.0 Å². The van der Waals surface area contributed by atoms with Gasteiger partial charge in [-0.05, 0) is 43.0 Å². The number of anilines is 1. The number of halogens is 9. The fourth-order valence-corrected chi connectivity index (χ4v) is 4.10. The zero-order valence-corrected chi connectivity index (χ0v) is 19.6. The Morgan fingerprint density at radius 3 is 1.84 bits per heavy atom. The molecule has 0 unspecified atom stereocenters. The maximum Gasteiger partial charge on any atom is 0.434 e. The van der Waals surface area contributed by atoms with Crippen LogP contribution in [-0.4, -0.2) is 80.4 Å². The predicted molar refractivity (Wildman–Crippen MR) is 114 cm³/mol. The molecule has 37 heavy (non-hydrogen) atoms. The van der Waals surface area contributed by atoms with Crippen molar-refractivity contribution in [1.29, 1.82) is 0 Å². The van der Waals surface area contributed by atoms with E-state index in [1.807, 2.05) is 11.7 Å². The number of benzene rings is 1. The van der Waals surface area contributed by atoms with Crippen LogP contribution >= 0.6 is 0 Å². The van der Waals surface area contributed by atoms with Crippen LogP contribution in [0.3, 0.4) is 0 Å². The van der Waals surface area contributed by atoms with Crippen LogP contribution in [0.2, 0.25) is 0 Å². The van der Waals surface area contributed by atoms with Crippen molar-refractivity contribution in [2.45, 2.75) is 50.4 Å².